The van der Waals surface area contributed by atoms with Crippen molar-refractivity contribution in [1.29, 1.82) is 0 Å². The lowest BCUT2D eigenvalue weighted by Crippen LogP contribution is -2.16. The average Bonchev–Trinajstić information content (AvgIpc) is 2.52. The Morgan fingerprint density at radius 1 is 1.17 bits per heavy atom. The molecule has 0 saturated heterocycles. The highest BCUT2D eigenvalue weighted by Crippen LogP contribution is 2.28. The monoisotopic (exact) mass is 349 g/mol. The van der Waals surface area contributed by atoms with Gasteiger partial charge in [-0.15, -0.1) is 0 Å². The lowest BCUT2D eigenvalue weighted by molar-refractivity contribution is 0.411. The molecule has 0 amide bonds. The molecule has 0 aliphatic rings. The van der Waals surface area contributed by atoms with Gasteiger partial charge in [-0.05, 0) is 42.3 Å². The summed E-state index contributed by atoms with van der Waals surface area (Å²) in [7, 11) is 1.68. The molecule has 3 N–H and O–H groups in total. The van der Waals surface area contributed by atoms with Gasteiger partial charge < -0.3 is 15.0 Å². The molecule has 0 spiro atoms. The van der Waals surface area contributed by atoms with Gasteiger partial charge in [0, 0.05) is 20.6 Å². The van der Waals surface area contributed by atoms with Gasteiger partial charge in [-0.25, -0.2) is 13.6 Å². The van der Waals surface area contributed by atoms with Crippen LogP contribution >= 0.6 is 0 Å². The summed E-state index contributed by atoms with van der Waals surface area (Å²) in [5, 5.41) is 8.50. The van der Waals surface area contributed by atoms with Crippen LogP contribution in [0.5, 0.6) is 5.75 Å². The van der Waals surface area contributed by atoms with E-state index in [1.807, 2.05) is 44.1 Å². The standard InChI is InChI=1S/C17H23N3O3S/c1-12-5-6-13(9-17(12)23-4)11-19-15-10-14(24(18,21)22)7-8-16(15)20(2)3/h5-10,19H,11H2,1-4H3,(H2,18,21,22). The summed E-state index contributed by atoms with van der Waals surface area (Å²) in [4.78, 5) is 1.99. The van der Waals surface area contributed by atoms with Crippen LogP contribution in [-0.4, -0.2) is 29.6 Å². The van der Waals surface area contributed by atoms with E-state index >= 15 is 0 Å². The van der Waals surface area contributed by atoms with Gasteiger partial charge in [0.15, 0.2) is 0 Å². The molecule has 0 unspecified atom stereocenters. The Labute approximate surface area is 143 Å². The molecule has 0 heterocycles. The zero-order valence-electron chi connectivity index (χ0n) is 14.3. The zero-order chi connectivity index (χ0) is 17.9. The minimum Gasteiger partial charge on any atom is -0.496 e. The van der Waals surface area contributed by atoms with E-state index in [1.165, 1.54) is 6.07 Å². The van der Waals surface area contributed by atoms with Crippen molar-refractivity contribution in [2.45, 2.75) is 18.4 Å². The molecule has 130 valence electrons. The summed E-state index contributed by atoms with van der Waals surface area (Å²) in [5.41, 5.74) is 3.67. The van der Waals surface area contributed by atoms with Crippen LogP contribution in [0.2, 0.25) is 0 Å². The van der Waals surface area contributed by atoms with Crippen LogP contribution in [0.1, 0.15) is 11.1 Å². The van der Waals surface area contributed by atoms with Crippen molar-refractivity contribution in [3.8, 4) is 5.75 Å². The van der Waals surface area contributed by atoms with E-state index in [1.54, 1.807) is 19.2 Å². The first-order valence-corrected chi connectivity index (χ1v) is 8.98. The summed E-state index contributed by atoms with van der Waals surface area (Å²) in [6.07, 6.45) is 0. The van der Waals surface area contributed by atoms with Crippen molar-refractivity contribution in [2.24, 2.45) is 5.14 Å². The molecule has 0 fully saturated rings. The van der Waals surface area contributed by atoms with E-state index in [2.05, 4.69) is 5.32 Å². The summed E-state index contributed by atoms with van der Waals surface area (Å²) in [5.74, 6) is 0.820. The van der Waals surface area contributed by atoms with Gasteiger partial charge in [-0.2, -0.15) is 0 Å². The van der Waals surface area contributed by atoms with Crippen LogP contribution in [0.4, 0.5) is 11.4 Å². The van der Waals surface area contributed by atoms with Crippen LogP contribution in [0, 0.1) is 6.92 Å². The van der Waals surface area contributed by atoms with E-state index in [0.29, 0.717) is 12.2 Å². The maximum Gasteiger partial charge on any atom is 0.238 e. The maximum absolute atomic E-state index is 11.6. The van der Waals surface area contributed by atoms with Gasteiger partial charge >= 0.3 is 0 Å². The van der Waals surface area contributed by atoms with Gasteiger partial charge in [-0.1, -0.05) is 12.1 Å². The molecule has 7 heteroatoms. The second-order valence-corrected chi connectivity index (χ2v) is 7.34. The number of hydrogen-bond donors (Lipinski definition) is 2. The topological polar surface area (TPSA) is 84.7 Å². The van der Waals surface area contributed by atoms with E-state index in [4.69, 9.17) is 9.88 Å². The van der Waals surface area contributed by atoms with Gasteiger partial charge in [0.05, 0.1) is 23.4 Å². The third-order valence-electron chi connectivity index (χ3n) is 3.73. The molecule has 6 nitrogen and oxygen atoms in total. The minimum atomic E-state index is -3.75. The predicted octanol–water partition coefficient (Wildman–Crippen LogP) is 2.33. The molecular formula is C17H23N3O3S. The van der Waals surface area contributed by atoms with E-state index in [-0.39, 0.29) is 4.90 Å². The molecule has 0 atom stereocenters. The molecule has 0 saturated carbocycles. The van der Waals surface area contributed by atoms with Gasteiger partial charge in [-0.3, -0.25) is 0 Å². The lowest BCUT2D eigenvalue weighted by Gasteiger charge is -2.19. The Kier molecular flexibility index (Phi) is 5.36. The second kappa shape index (κ2) is 7.11. The number of hydrogen-bond acceptors (Lipinski definition) is 5. The quantitative estimate of drug-likeness (QED) is 0.836. The van der Waals surface area contributed by atoms with Crippen LogP contribution in [0.3, 0.4) is 0 Å². The number of nitrogens with two attached hydrogens (primary N) is 1. The number of nitrogens with zero attached hydrogens (tertiary/aromatic N) is 1. The number of benzene rings is 2. The first-order valence-electron chi connectivity index (χ1n) is 7.44. The molecular weight excluding hydrogens is 326 g/mol. The molecule has 2 rings (SSSR count). The molecule has 0 bridgehead atoms. The van der Waals surface area contributed by atoms with E-state index < -0.39 is 10.0 Å². The fourth-order valence-corrected chi connectivity index (χ4v) is 2.94. The smallest absolute Gasteiger partial charge is 0.238 e. The molecule has 0 radical (unpaired) electrons. The van der Waals surface area contributed by atoms with Crippen LogP contribution in [0.15, 0.2) is 41.3 Å². The second-order valence-electron chi connectivity index (χ2n) is 5.78. The number of methoxy groups -OCH3 is 1. The Balaban J connectivity index is 2.31. The number of sulfonamides is 1. The molecule has 24 heavy (non-hydrogen) atoms. The number of ether oxygens (including phenoxy) is 1. The summed E-state index contributed by atoms with van der Waals surface area (Å²) in [6.45, 7) is 2.52. The summed E-state index contributed by atoms with van der Waals surface area (Å²) >= 11 is 0. The molecule has 0 aliphatic heterocycles. The Morgan fingerprint density at radius 3 is 2.46 bits per heavy atom. The van der Waals surface area contributed by atoms with Crippen molar-refractivity contribution < 1.29 is 13.2 Å². The van der Waals surface area contributed by atoms with Crippen molar-refractivity contribution in [1.82, 2.24) is 0 Å². The van der Waals surface area contributed by atoms with Crippen LogP contribution in [-0.2, 0) is 16.6 Å². The van der Waals surface area contributed by atoms with Crippen LogP contribution < -0.4 is 20.1 Å². The highest BCUT2D eigenvalue weighted by atomic mass is 32.2. The molecule has 2 aromatic carbocycles. The number of anilines is 2. The molecule has 0 aliphatic carbocycles. The lowest BCUT2D eigenvalue weighted by atomic mass is 10.1. The number of rotatable bonds is 6. The van der Waals surface area contributed by atoms with Crippen molar-refractivity contribution in [2.75, 3.05) is 31.4 Å². The summed E-state index contributed by atoms with van der Waals surface area (Å²) < 4.78 is 28.5. The molecule has 0 aromatic heterocycles. The maximum atomic E-state index is 11.6. The summed E-state index contributed by atoms with van der Waals surface area (Å²) in [6, 6.07) is 10.7. The van der Waals surface area contributed by atoms with Gasteiger partial charge in [0.25, 0.3) is 0 Å². The van der Waals surface area contributed by atoms with E-state index in [9.17, 15) is 8.42 Å². The fourth-order valence-electron chi connectivity index (χ4n) is 2.40. The van der Waals surface area contributed by atoms with Crippen molar-refractivity contribution >= 4 is 21.4 Å². The van der Waals surface area contributed by atoms with Crippen molar-refractivity contribution in [3.63, 3.8) is 0 Å². The average molecular weight is 349 g/mol. The normalized spacial score (nSPS) is 11.2. The largest absolute Gasteiger partial charge is 0.496 e. The van der Waals surface area contributed by atoms with Crippen molar-refractivity contribution in [3.05, 3.63) is 47.5 Å². The fraction of sp³-hybridized carbons (Fsp3) is 0.294. The third-order valence-corrected chi connectivity index (χ3v) is 4.64. The first-order chi connectivity index (χ1) is 11.2. The third kappa shape index (κ3) is 4.18. The Hall–Kier alpha value is -2.25. The van der Waals surface area contributed by atoms with Gasteiger partial charge in [0.2, 0.25) is 10.0 Å². The van der Waals surface area contributed by atoms with E-state index in [0.717, 1.165) is 22.6 Å². The Morgan fingerprint density at radius 2 is 1.88 bits per heavy atom. The number of nitrogens with one attached hydrogen (secondary N) is 1. The first kappa shape index (κ1) is 18.1. The minimum absolute atomic E-state index is 0.0806. The number of aryl methyl sites for hydroxylation is 1. The zero-order valence-corrected chi connectivity index (χ0v) is 15.1. The van der Waals surface area contributed by atoms with Gasteiger partial charge in [0.1, 0.15) is 5.75 Å². The highest BCUT2D eigenvalue weighted by Gasteiger charge is 2.13. The molecule has 2 aromatic rings. The predicted molar refractivity (Wildman–Crippen MR) is 97.2 cm³/mol. The SMILES string of the molecule is COc1cc(CNc2cc(S(N)(=O)=O)ccc2N(C)C)ccc1C. The van der Waals surface area contributed by atoms with Crippen LogP contribution in [0.25, 0.3) is 0 Å². The highest BCUT2D eigenvalue weighted by molar-refractivity contribution is 7.89. The Bertz CT molecular complexity index is 833. The number of primary sulfonamides is 1.